The topological polar surface area (TPSA) is 42.2 Å². The van der Waals surface area contributed by atoms with Crippen LogP contribution in [0.1, 0.15) is 32.3 Å². The smallest absolute Gasteiger partial charge is 0.328 e. The Labute approximate surface area is 113 Å². The van der Waals surface area contributed by atoms with Crippen LogP contribution in [0.2, 0.25) is 0 Å². The summed E-state index contributed by atoms with van der Waals surface area (Å²) in [6.07, 6.45) is 5.69. The van der Waals surface area contributed by atoms with E-state index in [-0.39, 0.29) is 0 Å². The minimum absolute atomic E-state index is 0.774. The van der Waals surface area contributed by atoms with E-state index in [1.165, 1.54) is 24.4 Å². The van der Waals surface area contributed by atoms with Gasteiger partial charge in [0.1, 0.15) is 0 Å². The van der Waals surface area contributed by atoms with E-state index in [1.54, 1.807) is 0 Å². The van der Waals surface area contributed by atoms with Crippen molar-refractivity contribution in [2.24, 2.45) is 0 Å². The van der Waals surface area contributed by atoms with Crippen LogP contribution in [0.3, 0.4) is 0 Å². The van der Waals surface area contributed by atoms with Crippen molar-refractivity contribution in [1.82, 2.24) is 4.57 Å². The van der Waals surface area contributed by atoms with Crippen molar-refractivity contribution in [2.75, 3.05) is 0 Å². The molecule has 0 bridgehead atoms. The Morgan fingerprint density at radius 2 is 2.16 bits per heavy atom. The molecular formula is C16H19NO2. The molecule has 0 aliphatic carbocycles. The SMILES string of the molecule is CCCCn1ccc2cc(/C(C)=C/C(=O)O)ccc21. The first-order valence-electron chi connectivity index (χ1n) is 6.62. The molecule has 19 heavy (non-hydrogen) atoms. The Kier molecular flexibility index (Phi) is 4.05. The van der Waals surface area contributed by atoms with Gasteiger partial charge in [0.15, 0.2) is 0 Å². The van der Waals surface area contributed by atoms with Gasteiger partial charge in [0.2, 0.25) is 0 Å². The molecule has 0 amide bonds. The van der Waals surface area contributed by atoms with Crippen LogP contribution in [0.4, 0.5) is 0 Å². The second-order valence-electron chi connectivity index (χ2n) is 4.80. The van der Waals surface area contributed by atoms with Gasteiger partial charge in [0.25, 0.3) is 0 Å². The Bertz CT molecular complexity index is 623. The van der Waals surface area contributed by atoms with Gasteiger partial charge in [-0.15, -0.1) is 0 Å². The Balaban J connectivity index is 2.35. The van der Waals surface area contributed by atoms with Crippen molar-refractivity contribution < 1.29 is 9.90 Å². The zero-order valence-corrected chi connectivity index (χ0v) is 11.4. The first kappa shape index (κ1) is 13.4. The fourth-order valence-electron chi connectivity index (χ4n) is 2.24. The van der Waals surface area contributed by atoms with Gasteiger partial charge in [-0.1, -0.05) is 19.4 Å². The number of aliphatic carboxylic acids is 1. The quantitative estimate of drug-likeness (QED) is 0.825. The van der Waals surface area contributed by atoms with E-state index in [9.17, 15) is 4.79 Å². The van der Waals surface area contributed by atoms with Crippen LogP contribution in [0.15, 0.2) is 36.5 Å². The highest BCUT2D eigenvalue weighted by Gasteiger charge is 2.04. The summed E-state index contributed by atoms with van der Waals surface area (Å²) in [5, 5.41) is 9.94. The van der Waals surface area contributed by atoms with Crippen molar-refractivity contribution in [3.8, 4) is 0 Å². The Hall–Kier alpha value is -2.03. The highest BCUT2D eigenvalue weighted by molar-refractivity contribution is 5.91. The number of carboxylic acids is 1. The van der Waals surface area contributed by atoms with Crippen molar-refractivity contribution in [3.63, 3.8) is 0 Å². The average molecular weight is 257 g/mol. The van der Waals surface area contributed by atoms with Gasteiger partial charge in [-0.05, 0) is 42.7 Å². The molecule has 2 rings (SSSR count). The van der Waals surface area contributed by atoms with Crippen LogP contribution in [0, 0.1) is 0 Å². The van der Waals surface area contributed by atoms with Crippen LogP contribution in [0.25, 0.3) is 16.5 Å². The molecule has 0 spiro atoms. The van der Waals surface area contributed by atoms with Gasteiger partial charge in [0.05, 0.1) is 0 Å². The normalized spacial score (nSPS) is 12.0. The molecule has 0 aliphatic rings. The summed E-state index contributed by atoms with van der Waals surface area (Å²) in [4.78, 5) is 10.7. The van der Waals surface area contributed by atoms with Gasteiger partial charge >= 0.3 is 5.97 Å². The van der Waals surface area contributed by atoms with E-state index >= 15 is 0 Å². The van der Waals surface area contributed by atoms with Crippen LogP contribution in [-0.2, 0) is 11.3 Å². The number of unbranched alkanes of at least 4 members (excludes halogenated alkanes) is 1. The molecule has 1 aromatic carbocycles. The number of aromatic nitrogens is 1. The Morgan fingerprint density at radius 1 is 1.37 bits per heavy atom. The van der Waals surface area contributed by atoms with Crippen molar-refractivity contribution >= 4 is 22.4 Å². The number of carbonyl (C=O) groups is 1. The summed E-state index contributed by atoms with van der Waals surface area (Å²) in [6, 6.07) is 8.19. The number of aryl methyl sites for hydroxylation is 1. The van der Waals surface area contributed by atoms with Crippen LogP contribution in [-0.4, -0.2) is 15.6 Å². The van der Waals surface area contributed by atoms with Crippen molar-refractivity contribution in [2.45, 2.75) is 33.2 Å². The second-order valence-corrected chi connectivity index (χ2v) is 4.80. The van der Waals surface area contributed by atoms with Gasteiger partial charge in [-0.3, -0.25) is 0 Å². The standard InChI is InChI=1S/C16H19NO2/c1-3-4-8-17-9-7-14-11-13(5-6-15(14)17)12(2)10-16(18)19/h5-7,9-11H,3-4,8H2,1-2H3,(H,18,19)/b12-10+. The first-order valence-corrected chi connectivity index (χ1v) is 6.62. The highest BCUT2D eigenvalue weighted by Crippen LogP contribution is 2.22. The van der Waals surface area contributed by atoms with Gasteiger partial charge in [-0.2, -0.15) is 0 Å². The van der Waals surface area contributed by atoms with Crippen molar-refractivity contribution in [3.05, 3.63) is 42.1 Å². The molecule has 0 radical (unpaired) electrons. The monoisotopic (exact) mass is 257 g/mol. The molecule has 0 unspecified atom stereocenters. The predicted octanol–water partition coefficient (Wildman–Crippen LogP) is 3.93. The number of allylic oxidation sites excluding steroid dienone is 1. The molecule has 0 aliphatic heterocycles. The van der Waals surface area contributed by atoms with Crippen LogP contribution < -0.4 is 0 Å². The van der Waals surface area contributed by atoms with E-state index in [2.05, 4.69) is 29.8 Å². The molecule has 0 fully saturated rings. The maximum Gasteiger partial charge on any atom is 0.328 e. The molecule has 3 nitrogen and oxygen atoms in total. The number of hydrogen-bond acceptors (Lipinski definition) is 1. The van der Waals surface area contributed by atoms with E-state index in [1.807, 2.05) is 19.1 Å². The van der Waals surface area contributed by atoms with E-state index in [0.717, 1.165) is 23.1 Å². The summed E-state index contributed by atoms with van der Waals surface area (Å²) in [6.45, 7) is 5.04. The third-order valence-electron chi connectivity index (χ3n) is 3.32. The summed E-state index contributed by atoms with van der Waals surface area (Å²) in [5.41, 5.74) is 2.94. The van der Waals surface area contributed by atoms with E-state index in [4.69, 9.17) is 5.11 Å². The molecule has 2 aromatic rings. The number of nitrogens with zero attached hydrogens (tertiary/aromatic N) is 1. The summed E-state index contributed by atoms with van der Waals surface area (Å²) in [7, 11) is 0. The highest BCUT2D eigenvalue weighted by atomic mass is 16.4. The van der Waals surface area contributed by atoms with Crippen LogP contribution >= 0.6 is 0 Å². The zero-order valence-electron chi connectivity index (χ0n) is 11.4. The van der Waals surface area contributed by atoms with Gasteiger partial charge in [0, 0.05) is 29.7 Å². The lowest BCUT2D eigenvalue weighted by molar-refractivity contribution is -0.131. The number of fused-ring (bicyclic) bond motifs is 1. The zero-order chi connectivity index (χ0) is 13.8. The molecule has 1 N–H and O–H groups in total. The third kappa shape index (κ3) is 3.05. The number of benzene rings is 1. The number of rotatable bonds is 5. The number of carboxylic acid groups (broad SMARTS) is 1. The van der Waals surface area contributed by atoms with Gasteiger partial charge < -0.3 is 9.67 Å². The molecule has 0 atom stereocenters. The number of hydrogen-bond donors (Lipinski definition) is 1. The first-order chi connectivity index (χ1) is 9.11. The van der Waals surface area contributed by atoms with Crippen molar-refractivity contribution in [1.29, 1.82) is 0 Å². The lowest BCUT2D eigenvalue weighted by Gasteiger charge is -2.05. The average Bonchev–Trinajstić information content (AvgIpc) is 2.77. The maximum atomic E-state index is 10.7. The maximum absolute atomic E-state index is 10.7. The minimum Gasteiger partial charge on any atom is -0.478 e. The molecule has 0 saturated heterocycles. The molecule has 1 heterocycles. The molecule has 0 saturated carbocycles. The summed E-state index contributed by atoms with van der Waals surface area (Å²) < 4.78 is 2.25. The summed E-state index contributed by atoms with van der Waals surface area (Å²) in [5.74, 6) is -0.905. The van der Waals surface area contributed by atoms with Gasteiger partial charge in [-0.25, -0.2) is 4.79 Å². The molecule has 100 valence electrons. The van der Waals surface area contributed by atoms with E-state index < -0.39 is 5.97 Å². The Morgan fingerprint density at radius 3 is 2.84 bits per heavy atom. The lowest BCUT2D eigenvalue weighted by atomic mass is 10.1. The van der Waals surface area contributed by atoms with E-state index in [0.29, 0.717) is 0 Å². The summed E-state index contributed by atoms with van der Waals surface area (Å²) >= 11 is 0. The second kappa shape index (κ2) is 5.74. The molecule has 1 aromatic heterocycles. The largest absolute Gasteiger partial charge is 0.478 e. The lowest BCUT2D eigenvalue weighted by Crippen LogP contribution is -1.95. The fraction of sp³-hybridized carbons (Fsp3) is 0.312. The minimum atomic E-state index is -0.905. The third-order valence-corrected chi connectivity index (χ3v) is 3.32. The molecular weight excluding hydrogens is 238 g/mol. The fourth-order valence-corrected chi connectivity index (χ4v) is 2.24. The molecule has 3 heteroatoms. The van der Waals surface area contributed by atoms with Crippen LogP contribution in [0.5, 0.6) is 0 Å². The predicted molar refractivity (Wildman–Crippen MR) is 78.1 cm³/mol.